The number of amides is 1. The lowest BCUT2D eigenvalue weighted by atomic mass is 10.1. The molecule has 1 rings (SSSR count). The zero-order chi connectivity index (χ0) is 14.5. The molecular weight excluding hydrogens is 328 g/mol. The van der Waals surface area contributed by atoms with Crippen LogP contribution in [0.2, 0.25) is 5.02 Å². The van der Waals surface area contributed by atoms with Crippen LogP contribution in [-0.4, -0.2) is 18.0 Å². The molecule has 3 nitrogen and oxygen atoms in total. The zero-order valence-electron chi connectivity index (χ0n) is 11.5. The van der Waals surface area contributed by atoms with Crippen LogP contribution in [0.4, 0.5) is 0 Å². The van der Waals surface area contributed by atoms with Crippen molar-refractivity contribution in [3.05, 3.63) is 33.3 Å². The Morgan fingerprint density at radius 1 is 1.37 bits per heavy atom. The lowest BCUT2D eigenvalue weighted by Crippen LogP contribution is -2.41. The van der Waals surface area contributed by atoms with Gasteiger partial charge in [-0.25, -0.2) is 0 Å². The van der Waals surface area contributed by atoms with Crippen molar-refractivity contribution in [2.45, 2.75) is 39.3 Å². The second-order valence-electron chi connectivity index (χ2n) is 5.46. The Labute approximate surface area is 128 Å². The van der Waals surface area contributed by atoms with Crippen molar-refractivity contribution >= 4 is 33.4 Å². The van der Waals surface area contributed by atoms with Gasteiger partial charge < -0.3 is 10.6 Å². The Bertz CT molecular complexity index is 444. The molecule has 0 unspecified atom stereocenters. The fourth-order valence-electron chi connectivity index (χ4n) is 1.58. The molecule has 0 heterocycles. The summed E-state index contributed by atoms with van der Waals surface area (Å²) >= 11 is 9.50. The molecule has 0 saturated carbocycles. The summed E-state index contributed by atoms with van der Waals surface area (Å²) in [5, 5.41) is 6.88. The first-order valence-corrected chi connectivity index (χ1v) is 7.41. The van der Waals surface area contributed by atoms with Gasteiger partial charge in [-0.1, -0.05) is 27.5 Å². The Morgan fingerprint density at radius 3 is 2.68 bits per heavy atom. The number of halogens is 2. The zero-order valence-corrected chi connectivity index (χ0v) is 13.9. The van der Waals surface area contributed by atoms with Gasteiger partial charge in [-0.15, -0.1) is 0 Å². The van der Waals surface area contributed by atoms with Crippen LogP contribution in [0.15, 0.2) is 22.7 Å². The highest BCUT2D eigenvalue weighted by Crippen LogP contribution is 2.20. The predicted octanol–water partition coefficient (Wildman–Crippen LogP) is 3.50. The van der Waals surface area contributed by atoms with Gasteiger partial charge in [0.15, 0.2) is 0 Å². The highest BCUT2D eigenvalue weighted by atomic mass is 79.9. The van der Waals surface area contributed by atoms with E-state index in [9.17, 15) is 4.79 Å². The topological polar surface area (TPSA) is 41.1 Å². The van der Waals surface area contributed by atoms with E-state index in [-0.39, 0.29) is 11.4 Å². The van der Waals surface area contributed by atoms with Crippen molar-refractivity contribution in [1.82, 2.24) is 10.6 Å². The smallest absolute Gasteiger partial charge is 0.221 e. The molecule has 0 bridgehead atoms. The lowest BCUT2D eigenvalue weighted by Gasteiger charge is -2.20. The van der Waals surface area contributed by atoms with Crippen LogP contribution in [0.3, 0.4) is 0 Å². The van der Waals surface area contributed by atoms with Crippen molar-refractivity contribution in [2.24, 2.45) is 0 Å². The fourth-order valence-corrected chi connectivity index (χ4v) is 2.18. The molecule has 1 aromatic carbocycles. The molecule has 106 valence electrons. The monoisotopic (exact) mass is 346 g/mol. The van der Waals surface area contributed by atoms with E-state index in [2.05, 4.69) is 26.6 Å². The number of carbonyl (C=O) groups excluding carboxylic acids is 1. The van der Waals surface area contributed by atoms with Crippen molar-refractivity contribution in [2.75, 3.05) is 6.54 Å². The molecule has 2 N–H and O–H groups in total. The number of nitrogens with one attached hydrogen (secondary N) is 2. The molecule has 1 amide bonds. The van der Waals surface area contributed by atoms with Crippen LogP contribution in [0.5, 0.6) is 0 Å². The molecule has 0 radical (unpaired) electrons. The number of rotatable bonds is 5. The molecule has 5 heteroatoms. The standard InChI is InChI=1S/C14H20BrClN2O/c1-14(2,3)18-13(19)6-7-17-9-10-8-11(15)4-5-12(10)16/h4-5,8,17H,6-7,9H2,1-3H3,(H,18,19). The molecule has 1 aromatic rings. The largest absolute Gasteiger partial charge is 0.351 e. The first-order chi connectivity index (χ1) is 8.78. The van der Waals surface area contributed by atoms with E-state index in [1.165, 1.54) is 0 Å². The average molecular weight is 348 g/mol. The molecular formula is C14H20BrClN2O. The molecule has 0 aliphatic rings. The summed E-state index contributed by atoms with van der Waals surface area (Å²) in [4.78, 5) is 11.6. The quantitative estimate of drug-likeness (QED) is 0.801. The summed E-state index contributed by atoms with van der Waals surface area (Å²) in [6.07, 6.45) is 0.461. The maximum Gasteiger partial charge on any atom is 0.221 e. The lowest BCUT2D eigenvalue weighted by molar-refractivity contribution is -0.122. The second kappa shape index (κ2) is 7.27. The molecule has 0 spiro atoms. The Hall–Kier alpha value is -0.580. The molecule has 0 fully saturated rings. The van der Waals surface area contributed by atoms with Crippen molar-refractivity contribution in [1.29, 1.82) is 0 Å². The van der Waals surface area contributed by atoms with Gasteiger partial charge in [0, 0.05) is 34.5 Å². The van der Waals surface area contributed by atoms with E-state index in [1.54, 1.807) is 0 Å². The summed E-state index contributed by atoms with van der Waals surface area (Å²) < 4.78 is 0.999. The second-order valence-corrected chi connectivity index (χ2v) is 6.78. The molecule has 19 heavy (non-hydrogen) atoms. The summed E-state index contributed by atoms with van der Waals surface area (Å²) in [5.74, 6) is 0.0559. The van der Waals surface area contributed by atoms with Gasteiger partial charge >= 0.3 is 0 Å². The van der Waals surface area contributed by atoms with E-state index in [0.717, 1.165) is 15.1 Å². The fraction of sp³-hybridized carbons (Fsp3) is 0.500. The van der Waals surface area contributed by atoms with Crippen LogP contribution in [0.25, 0.3) is 0 Å². The van der Waals surface area contributed by atoms with Gasteiger partial charge in [0.1, 0.15) is 0 Å². The van der Waals surface area contributed by atoms with Crippen LogP contribution < -0.4 is 10.6 Å². The summed E-state index contributed by atoms with van der Waals surface area (Å²) in [6.45, 7) is 7.20. The number of benzene rings is 1. The van der Waals surface area contributed by atoms with Crippen LogP contribution >= 0.6 is 27.5 Å². The first kappa shape index (κ1) is 16.5. The highest BCUT2D eigenvalue weighted by Gasteiger charge is 2.12. The van der Waals surface area contributed by atoms with Gasteiger partial charge in [-0.2, -0.15) is 0 Å². The maximum absolute atomic E-state index is 11.6. The Morgan fingerprint density at radius 2 is 2.05 bits per heavy atom. The third-order valence-electron chi connectivity index (χ3n) is 2.37. The molecule has 0 atom stereocenters. The van der Waals surface area contributed by atoms with Gasteiger partial charge in [-0.05, 0) is 44.5 Å². The maximum atomic E-state index is 11.6. The molecule has 0 aliphatic carbocycles. The molecule has 0 aromatic heterocycles. The van der Waals surface area contributed by atoms with E-state index >= 15 is 0 Å². The first-order valence-electron chi connectivity index (χ1n) is 6.23. The summed E-state index contributed by atoms with van der Waals surface area (Å²) in [7, 11) is 0. The minimum absolute atomic E-state index is 0.0559. The molecule has 0 aliphatic heterocycles. The van der Waals surface area contributed by atoms with Gasteiger partial charge in [0.25, 0.3) is 0 Å². The van der Waals surface area contributed by atoms with Crippen molar-refractivity contribution in [3.8, 4) is 0 Å². The summed E-state index contributed by atoms with van der Waals surface area (Å²) in [6, 6.07) is 5.74. The van der Waals surface area contributed by atoms with Crippen LogP contribution in [0, 0.1) is 0 Å². The number of hydrogen-bond donors (Lipinski definition) is 2. The van der Waals surface area contributed by atoms with Gasteiger partial charge in [0.05, 0.1) is 0 Å². The van der Waals surface area contributed by atoms with E-state index in [4.69, 9.17) is 11.6 Å². The SMILES string of the molecule is CC(C)(C)NC(=O)CCNCc1cc(Br)ccc1Cl. The number of hydrogen-bond acceptors (Lipinski definition) is 2. The number of carbonyl (C=O) groups is 1. The Balaban J connectivity index is 2.31. The van der Waals surface area contributed by atoms with Gasteiger partial charge in [0.2, 0.25) is 5.91 Å². The van der Waals surface area contributed by atoms with E-state index in [0.29, 0.717) is 19.5 Å². The van der Waals surface area contributed by atoms with E-state index in [1.807, 2.05) is 39.0 Å². The molecule has 0 saturated heterocycles. The van der Waals surface area contributed by atoms with Crippen LogP contribution in [-0.2, 0) is 11.3 Å². The minimum atomic E-state index is -0.176. The third kappa shape index (κ3) is 6.95. The minimum Gasteiger partial charge on any atom is -0.351 e. The van der Waals surface area contributed by atoms with Crippen molar-refractivity contribution < 1.29 is 4.79 Å². The van der Waals surface area contributed by atoms with Crippen LogP contribution in [0.1, 0.15) is 32.8 Å². The van der Waals surface area contributed by atoms with Crippen molar-refractivity contribution in [3.63, 3.8) is 0 Å². The predicted molar refractivity (Wildman–Crippen MR) is 83.4 cm³/mol. The average Bonchev–Trinajstić information content (AvgIpc) is 2.26. The Kier molecular flexibility index (Phi) is 6.30. The van der Waals surface area contributed by atoms with E-state index < -0.39 is 0 Å². The highest BCUT2D eigenvalue weighted by molar-refractivity contribution is 9.10. The third-order valence-corrected chi connectivity index (χ3v) is 3.23. The summed E-state index contributed by atoms with van der Waals surface area (Å²) in [5.41, 5.74) is 0.845. The van der Waals surface area contributed by atoms with Gasteiger partial charge in [-0.3, -0.25) is 4.79 Å². The normalized spacial score (nSPS) is 11.4.